The second kappa shape index (κ2) is 11.1. The van der Waals surface area contributed by atoms with Gasteiger partial charge in [-0.2, -0.15) is 4.31 Å². The summed E-state index contributed by atoms with van der Waals surface area (Å²) in [5, 5.41) is 5.27. The standard InChI is InChI=1S/C26H35N3O4S/c1-18-8-10-22(11-9-18)17-28-26(31)25(30)27-13-12-23-7-5-6-14-29(23)34(32,33)24-20(3)15-19(2)16-21(24)4/h8-11,15-16,23H,5-7,12-14,17H2,1-4H3,(H,27,30)(H,28,31)/t23-/m0/s1. The second-order valence-corrected chi connectivity index (χ2v) is 11.0. The Hall–Kier alpha value is -2.71. The van der Waals surface area contributed by atoms with E-state index >= 15 is 0 Å². The Morgan fingerprint density at radius 3 is 2.18 bits per heavy atom. The fourth-order valence-corrected chi connectivity index (χ4v) is 6.81. The third kappa shape index (κ3) is 6.24. The van der Waals surface area contributed by atoms with E-state index in [1.54, 1.807) is 4.31 Å². The molecule has 2 N–H and O–H groups in total. The Bertz CT molecular complexity index is 1120. The number of sulfonamides is 1. The summed E-state index contributed by atoms with van der Waals surface area (Å²) >= 11 is 0. The van der Waals surface area contributed by atoms with Gasteiger partial charge in [0.05, 0.1) is 4.90 Å². The van der Waals surface area contributed by atoms with Crippen molar-refractivity contribution in [3.63, 3.8) is 0 Å². The van der Waals surface area contributed by atoms with Gasteiger partial charge < -0.3 is 10.6 Å². The number of aryl methyl sites for hydroxylation is 4. The Kier molecular flexibility index (Phi) is 8.49. The molecule has 0 spiro atoms. The molecule has 184 valence electrons. The molecular formula is C26H35N3O4S. The highest BCUT2D eigenvalue weighted by molar-refractivity contribution is 7.89. The molecule has 2 aromatic carbocycles. The van der Waals surface area contributed by atoms with Crippen molar-refractivity contribution in [3.05, 3.63) is 64.2 Å². The summed E-state index contributed by atoms with van der Waals surface area (Å²) in [6.07, 6.45) is 2.94. The highest BCUT2D eigenvalue weighted by Gasteiger charge is 2.35. The van der Waals surface area contributed by atoms with Crippen LogP contribution in [0.4, 0.5) is 0 Å². The largest absolute Gasteiger partial charge is 0.348 e. The lowest BCUT2D eigenvalue weighted by atomic mass is 10.0. The zero-order valence-electron chi connectivity index (χ0n) is 20.5. The highest BCUT2D eigenvalue weighted by atomic mass is 32.2. The first kappa shape index (κ1) is 25.9. The zero-order chi connectivity index (χ0) is 24.9. The van der Waals surface area contributed by atoms with Crippen molar-refractivity contribution in [2.45, 2.75) is 70.9 Å². The number of benzene rings is 2. The topological polar surface area (TPSA) is 95.6 Å². The van der Waals surface area contributed by atoms with Crippen LogP contribution in [0, 0.1) is 27.7 Å². The number of piperidine rings is 1. The van der Waals surface area contributed by atoms with Gasteiger partial charge in [-0.05, 0) is 63.6 Å². The minimum absolute atomic E-state index is 0.213. The van der Waals surface area contributed by atoms with Gasteiger partial charge in [0.15, 0.2) is 0 Å². The molecule has 0 aromatic heterocycles. The first-order valence-corrected chi connectivity index (χ1v) is 13.2. The Labute approximate surface area is 203 Å². The maximum Gasteiger partial charge on any atom is 0.309 e. The third-order valence-corrected chi connectivity index (χ3v) is 8.55. The van der Waals surface area contributed by atoms with Crippen LogP contribution in [-0.4, -0.2) is 43.7 Å². The van der Waals surface area contributed by atoms with Gasteiger partial charge in [-0.15, -0.1) is 0 Å². The molecule has 1 saturated heterocycles. The number of nitrogens with zero attached hydrogens (tertiary/aromatic N) is 1. The average Bonchev–Trinajstić information content (AvgIpc) is 2.77. The van der Waals surface area contributed by atoms with Crippen LogP contribution in [0.3, 0.4) is 0 Å². The molecule has 0 saturated carbocycles. The van der Waals surface area contributed by atoms with Crippen molar-refractivity contribution in [1.82, 2.24) is 14.9 Å². The van der Waals surface area contributed by atoms with Crippen LogP contribution in [0.5, 0.6) is 0 Å². The van der Waals surface area contributed by atoms with Gasteiger partial charge in [-0.1, -0.05) is 53.9 Å². The SMILES string of the molecule is Cc1ccc(CNC(=O)C(=O)NCC[C@@H]2CCCCN2S(=O)(=O)c2c(C)cc(C)cc2C)cc1. The van der Waals surface area contributed by atoms with E-state index in [1.165, 1.54) is 0 Å². The second-order valence-electron chi connectivity index (χ2n) is 9.21. The van der Waals surface area contributed by atoms with Gasteiger partial charge in [0, 0.05) is 25.7 Å². The van der Waals surface area contributed by atoms with Crippen LogP contribution >= 0.6 is 0 Å². The number of hydrogen-bond donors (Lipinski definition) is 2. The van der Waals surface area contributed by atoms with Crippen LogP contribution in [0.1, 0.15) is 53.5 Å². The lowest BCUT2D eigenvalue weighted by Gasteiger charge is -2.35. The quantitative estimate of drug-likeness (QED) is 0.589. The Morgan fingerprint density at radius 1 is 0.912 bits per heavy atom. The summed E-state index contributed by atoms with van der Waals surface area (Å²) < 4.78 is 28.7. The summed E-state index contributed by atoms with van der Waals surface area (Å²) in [4.78, 5) is 24.8. The molecule has 1 heterocycles. The van der Waals surface area contributed by atoms with Crippen LogP contribution in [-0.2, 0) is 26.2 Å². The summed E-state index contributed by atoms with van der Waals surface area (Å²) in [5.74, 6) is -1.40. The van der Waals surface area contributed by atoms with E-state index in [2.05, 4.69) is 10.6 Å². The van der Waals surface area contributed by atoms with Crippen molar-refractivity contribution < 1.29 is 18.0 Å². The fraction of sp³-hybridized carbons (Fsp3) is 0.462. The number of amides is 2. The maximum absolute atomic E-state index is 13.6. The van der Waals surface area contributed by atoms with Gasteiger partial charge in [0.2, 0.25) is 10.0 Å². The number of hydrogen-bond acceptors (Lipinski definition) is 4. The predicted molar refractivity (Wildman–Crippen MR) is 133 cm³/mol. The molecule has 1 atom stereocenters. The lowest BCUT2D eigenvalue weighted by Crippen LogP contribution is -2.46. The molecule has 0 aliphatic carbocycles. The molecule has 1 aliphatic rings. The summed E-state index contributed by atoms with van der Waals surface area (Å²) in [6.45, 7) is 8.58. The first-order valence-electron chi connectivity index (χ1n) is 11.8. The molecular weight excluding hydrogens is 450 g/mol. The average molecular weight is 486 g/mol. The van der Waals surface area contributed by atoms with Gasteiger partial charge in [-0.25, -0.2) is 8.42 Å². The van der Waals surface area contributed by atoms with Crippen LogP contribution in [0.25, 0.3) is 0 Å². The lowest BCUT2D eigenvalue weighted by molar-refractivity contribution is -0.139. The molecule has 3 rings (SSSR count). The number of rotatable bonds is 7. The van der Waals surface area contributed by atoms with Gasteiger partial charge in [0.1, 0.15) is 0 Å². The molecule has 2 aromatic rings. The Balaban J connectivity index is 1.58. The smallest absolute Gasteiger partial charge is 0.309 e. The van der Waals surface area contributed by atoms with E-state index in [1.807, 2.05) is 64.1 Å². The highest BCUT2D eigenvalue weighted by Crippen LogP contribution is 2.31. The van der Waals surface area contributed by atoms with E-state index in [9.17, 15) is 18.0 Å². The van der Waals surface area contributed by atoms with Gasteiger partial charge in [0.25, 0.3) is 0 Å². The van der Waals surface area contributed by atoms with Crippen LogP contribution in [0.2, 0.25) is 0 Å². The summed E-state index contributed by atoms with van der Waals surface area (Å²) in [5.41, 5.74) is 4.57. The van der Waals surface area contributed by atoms with E-state index in [0.29, 0.717) is 17.9 Å². The zero-order valence-corrected chi connectivity index (χ0v) is 21.3. The molecule has 7 nitrogen and oxygen atoms in total. The number of carbonyl (C=O) groups is 2. The minimum atomic E-state index is -3.66. The Morgan fingerprint density at radius 2 is 1.53 bits per heavy atom. The molecule has 0 unspecified atom stereocenters. The van der Waals surface area contributed by atoms with Crippen LogP contribution in [0.15, 0.2) is 41.3 Å². The summed E-state index contributed by atoms with van der Waals surface area (Å²) in [6, 6.07) is 11.3. The minimum Gasteiger partial charge on any atom is -0.348 e. The van der Waals surface area contributed by atoms with Crippen molar-refractivity contribution in [1.29, 1.82) is 0 Å². The molecule has 1 aliphatic heterocycles. The molecule has 2 amide bonds. The predicted octanol–water partition coefficient (Wildman–Crippen LogP) is 3.29. The summed E-state index contributed by atoms with van der Waals surface area (Å²) in [7, 11) is -3.66. The van der Waals surface area contributed by atoms with E-state index < -0.39 is 21.8 Å². The van der Waals surface area contributed by atoms with Gasteiger partial charge >= 0.3 is 11.8 Å². The van der Waals surface area contributed by atoms with E-state index in [-0.39, 0.29) is 19.1 Å². The monoisotopic (exact) mass is 485 g/mol. The normalized spacial score (nSPS) is 16.8. The van der Waals surface area contributed by atoms with E-state index in [0.717, 1.165) is 47.1 Å². The van der Waals surface area contributed by atoms with Crippen molar-refractivity contribution >= 4 is 21.8 Å². The first-order chi connectivity index (χ1) is 16.1. The third-order valence-electron chi connectivity index (χ3n) is 6.29. The van der Waals surface area contributed by atoms with E-state index in [4.69, 9.17) is 0 Å². The molecule has 34 heavy (non-hydrogen) atoms. The fourth-order valence-electron chi connectivity index (χ4n) is 4.67. The van der Waals surface area contributed by atoms with Crippen LogP contribution < -0.4 is 10.6 Å². The number of nitrogens with one attached hydrogen (secondary N) is 2. The van der Waals surface area contributed by atoms with Crippen molar-refractivity contribution in [3.8, 4) is 0 Å². The van der Waals surface area contributed by atoms with Crippen molar-refractivity contribution in [2.24, 2.45) is 0 Å². The molecule has 0 bridgehead atoms. The molecule has 8 heteroatoms. The van der Waals surface area contributed by atoms with Gasteiger partial charge in [-0.3, -0.25) is 9.59 Å². The molecule has 0 radical (unpaired) electrons. The molecule has 1 fully saturated rings. The maximum atomic E-state index is 13.6. The number of carbonyl (C=O) groups excluding carboxylic acids is 2. The van der Waals surface area contributed by atoms with Crippen molar-refractivity contribution in [2.75, 3.05) is 13.1 Å².